The monoisotopic (exact) mass is 225 g/mol. The van der Waals surface area contributed by atoms with Crippen molar-refractivity contribution in [1.29, 1.82) is 0 Å². The third kappa shape index (κ3) is 3.38. The van der Waals surface area contributed by atoms with E-state index in [1.807, 2.05) is 13.8 Å². The Bertz CT molecular complexity index is 368. The van der Waals surface area contributed by atoms with Gasteiger partial charge in [0, 0.05) is 6.54 Å². The summed E-state index contributed by atoms with van der Waals surface area (Å²) >= 11 is 0. The van der Waals surface area contributed by atoms with E-state index < -0.39 is 4.92 Å². The van der Waals surface area contributed by atoms with Crippen LogP contribution < -0.4 is 10.1 Å². The van der Waals surface area contributed by atoms with E-state index in [1.54, 1.807) is 0 Å². The van der Waals surface area contributed by atoms with Crippen molar-refractivity contribution in [1.82, 2.24) is 4.98 Å². The zero-order valence-corrected chi connectivity index (χ0v) is 9.40. The van der Waals surface area contributed by atoms with Crippen LogP contribution in [0.25, 0.3) is 0 Å². The highest BCUT2D eigenvalue weighted by Crippen LogP contribution is 2.22. The number of hydrogen-bond donors (Lipinski definition) is 1. The van der Waals surface area contributed by atoms with Gasteiger partial charge in [-0.1, -0.05) is 6.92 Å². The lowest BCUT2D eigenvalue weighted by molar-refractivity contribution is -0.384. The standard InChI is InChI=1S/C10H15N3O3/c1-3-5-16-10-7-8(13(14)15)6-9(12-10)11-4-2/h6-7H,3-5H2,1-2H3,(H,11,12). The van der Waals surface area contributed by atoms with Crippen molar-refractivity contribution in [2.45, 2.75) is 20.3 Å². The van der Waals surface area contributed by atoms with E-state index in [4.69, 9.17) is 4.74 Å². The van der Waals surface area contributed by atoms with Crippen LogP contribution in [-0.4, -0.2) is 23.1 Å². The summed E-state index contributed by atoms with van der Waals surface area (Å²) in [6, 6.07) is 2.72. The normalized spacial score (nSPS) is 9.88. The van der Waals surface area contributed by atoms with Gasteiger partial charge in [-0.05, 0) is 13.3 Å². The Morgan fingerprint density at radius 2 is 2.25 bits per heavy atom. The number of nitrogens with one attached hydrogen (secondary N) is 1. The van der Waals surface area contributed by atoms with Crippen LogP contribution in [-0.2, 0) is 0 Å². The van der Waals surface area contributed by atoms with Gasteiger partial charge >= 0.3 is 0 Å². The summed E-state index contributed by atoms with van der Waals surface area (Å²) in [6.07, 6.45) is 0.834. The molecule has 1 heterocycles. The highest BCUT2D eigenvalue weighted by molar-refractivity contribution is 5.48. The number of aromatic nitrogens is 1. The first-order valence-corrected chi connectivity index (χ1v) is 5.20. The van der Waals surface area contributed by atoms with Crippen LogP contribution in [0.4, 0.5) is 11.5 Å². The van der Waals surface area contributed by atoms with Gasteiger partial charge in [0.15, 0.2) is 0 Å². The van der Waals surface area contributed by atoms with Crippen LogP contribution in [0.5, 0.6) is 5.88 Å². The zero-order valence-electron chi connectivity index (χ0n) is 9.40. The third-order valence-electron chi connectivity index (χ3n) is 1.81. The molecule has 0 amide bonds. The molecule has 1 rings (SSSR count). The fourth-order valence-corrected chi connectivity index (χ4v) is 1.15. The minimum atomic E-state index is -0.457. The average Bonchev–Trinajstić information content (AvgIpc) is 2.26. The molecular weight excluding hydrogens is 210 g/mol. The molecule has 0 bridgehead atoms. The highest BCUT2D eigenvalue weighted by Gasteiger charge is 2.11. The van der Waals surface area contributed by atoms with Crippen LogP contribution in [0.15, 0.2) is 12.1 Å². The molecule has 0 saturated heterocycles. The number of nitrogens with zero attached hydrogens (tertiary/aromatic N) is 2. The summed E-state index contributed by atoms with van der Waals surface area (Å²) < 4.78 is 5.28. The molecule has 0 spiro atoms. The van der Waals surface area contributed by atoms with Crippen molar-refractivity contribution < 1.29 is 9.66 Å². The van der Waals surface area contributed by atoms with Crippen molar-refractivity contribution in [3.05, 3.63) is 22.2 Å². The largest absolute Gasteiger partial charge is 0.477 e. The van der Waals surface area contributed by atoms with E-state index in [1.165, 1.54) is 12.1 Å². The molecule has 0 aliphatic rings. The van der Waals surface area contributed by atoms with E-state index in [-0.39, 0.29) is 11.6 Å². The Morgan fingerprint density at radius 1 is 1.50 bits per heavy atom. The second-order valence-corrected chi connectivity index (χ2v) is 3.18. The SMILES string of the molecule is CCCOc1cc([N+](=O)[O-])cc(NCC)n1. The molecule has 88 valence electrons. The van der Waals surface area contributed by atoms with Crippen molar-refractivity contribution >= 4 is 11.5 Å². The fraction of sp³-hybridized carbons (Fsp3) is 0.500. The lowest BCUT2D eigenvalue weighted by Gasteiger charge is -2.06. The maximum atomic E-state index is 10.7. The average molecular weight is 225 g/mol. The van der Waals surface area contributed by atoms with Crippen molar-refractivity contribution in [3.8, 4) is 5.88 Å². The van der Waals surface area contributed by atoms with Gasteiger partial charge < -0.3 is 10.1 Å². The van der Waals surface area contributed by atoms with Crippen LogP contribution in [0.2, 0.25) is 0 Å². The van der Waals surface area contributed by atoms with Gasteiger partial charge in [0.2, 0.25) is 5.88 Å². The van der Waals surface area contributed by atoms with Gasteiger partial charge in [-0.15, -0.1) is 0 Å². The first-order chi connectivity index (χ1) is 7.67. The molecule has 0 aromatic carbocycles. The quantitative estimate of drug-likeness (QED) is 0.593. The Hall–Kier alpha value is -1.85. The summed E-state index contributed by atoms with van der Waals surface area (Å²) in [4.78, 5) is 14.3. The van der Waals surface area contributed by atoms with Gasteiger partial charge in [0.1, 0.15) is 5.82 Å². The molecule has 16 heavy (non-hydrogen) atoms. The Morgan fingerprint density at radius 3 is 2.81 bits per heavy atom. The van der Waals surface area contributed by atoms with Gasteiger partial charge in [-0.2, -0.15) is 4.98 Å². The minimum absolute atomic E-state index is 0.0166. The lowest BCUT2D eigenvalue weighted by atomic mass is 10.4. The Kier molecular flexibility index (Phi) is 4.50. The third-order valence-corrected chi connectivity index (χ3v) is 1.81. The molecule has 0 unspecified atom stereocenters. The summed E-state index contributed by atoms with van der Waals surface area (Å²) in [7, 11) is 0. The van der Waals surface area contributed by atoms with Crippen LogP contribution >= 0.6 is 0 Å². The van der Waals surface area contributed by atoms with E-state index >= 15 is 0 Å². The summed E-state index contributed by atoms with van der Waals surface area (Å²) in [5.41, 5.74) is -0.0166. The number of hydrogen-bond acceptors (Lipinski definition) is 5. The number of rotatable bonds is 6. The van der Waals surface area contributed by atoms with Gasteiger partial charge in [0.05, 0.1) is 23.7 Å². The second-order valence-electron chi connectivity index (χ2n) is 3.18. The Balaban J connectivity index is 2.93. The highest BCUT2D eigenvalue weighted by atomic mass is 16.6. The van der Waals surface area contributed by atoms with E-state index in [0.717, 1.165) is 6.42 Å². The Labute approximate surface area is 93.8 Å². The van der Waals surface area contributed by atoms with E-state index in [0.29, 0.717) is 19.0 Å². The molecule has 0 aliphatic heterocycles. The maximum Gasteiger partial charge on any atom is 0.278 e. The predicted molar refractivity (Wildman–Crippen MR) is 60.8 cm³/mol. The molecule has 6 nitrogen and oxygen atoms in total. The molecule has 1 aromatic heterocycles. The molecule has 0 radical (unpaired) electrons. The van der Waals surface area contributed by atoms with Gasteiger partial charge in [-0.25, -0.2) is 0 Å². The molecule has 0 atom stereocenters. The minimum Gasteiger partial charge on any atom is -0.477 e. The summed E-state index contributed by atoms with van der Waals surface area (Å²) in [5, 5.41) is 13.6. The van der Waals surface area contributed by atoms with Crippen molar-refractivity contribution in [2.24, 2.45) is 0 Å². The van der Waals surface area contributed by atoms with Crippen molar-refractivity contribution in [3.63, 3.8) is 0 Å². The molecular formula is C10H15N3O3. The molecule has 0 aliphatic carbocycles. The van der Waals surface area contributed by atoms with E-state index in [9.17, 15) is 10.1 Å². The molecule has 0 saturated carbocycles. The number of nitro groups is 1. The van der Waals surface area contributed by atoms with Crippen molar-refractivity contribution in [2.75, 3.05) is 18.5 Å². The first-order valence-electron chi connectivity index (χ1n) is 5.20. The smallest absolute Gasteiger partial charge is 0.278 e. The van der Waals surface area contributed by atoms with Crippen LogP contribution in [0.1, 0.15) is 20.3 Å². The van der Waals surface area contributed by atoms with Crippen LogP contribution in [0.3, 0.4) is 0 Å². The fourth-order valence-electron chi connectivity index (χ4n) is 1.15. The summed E-state index contributed by atoms with van der Waals surface area (Å²) in [6.45, 7) is 5.01. The molecule has 0 fully saturated rings. The lowest BCUT2D eigenvalue weighted by Crippen LogP contribution is -2.04. The zero-order chi connectivity index (χ0) is 12.0. The topological polar surface area (TPSA) is 77.3 Å². The number of pyridine rings is 1. The summed E-state index contributed by atoms with van der Waals surface area (Å²) in [5.74, 6) is 0.745. The predicted octanol–water partition coefficient (Wildman–Crippen LogP) is 2.21. The van der Waals surface area contributed by atoms with E-state index in [2.05, 4.69) is 10.3 Å². The van der Waals surface area contributed by atoms with Crippen LogP contribution in [0, 0.1) is 10.1 Å². The molecule has 1 N–H and O–H groups in total. The second kappa shape index (κ2) is 5.89. The maximum absolute atomic E-state index is 10.7. The number of anilines is 1. The molecule has 6 heteroatoms. The molecule has 1 aromatic rings. The number of ether oxygens (including phenoxy) is 1. The van der Waals surface area contributed by atoms with Gasteiger partial charge in [-0.3, -0.25) is 10.1 Å². The first kappa shape index (κ1) is 12.2. The van der Waals surface area contributed by atoms with Gasteiger partial charge in [0.25, 0.3) is 5.69 Å².